The molecule has 0 aliphatic carbocycles. The number of rotatable bonds is 3. The van der Waals surface area contributed by atoms with Crippen LogP contribution in [0.2, 0.25) is 0 Å². The molecule has 0 atom stereocenters. The summed E-state index contributed by atoms with van der Waals surface area (Å²) in [5.41, 5.74) is 13.4. The maximum absolute atomic E-state index is 11.7. The van der Waals surface area contributed by atoms with Crippen LogP contribution in [0, 0.1) is 0 Å². The maximum atomic E-state index is 11.7. The van der Waals surface area contributed by atoms with Crippen LogP contribution in [-0.4, -0.2) is 5.97 Å². The highest BCUT2D eigenvalue weighted by molar-refractivity contribution is 7.07. The molecule has 0 aliphatic heterocycles. The van der Waals surface area contributed by atoms with E-state index in [0.29, 0.717) is 16.9 Å². The Morgan fingerprint density at radius 3 is 2.76 bits per heavy atom. The van der Waals surface area contributed by atoms with Crippen molar-refractivity contribution >= 4 is 28.7 Å². The number of hydrogen-bond acceptors (Lipinski definition) is 5. The van der Waals surface area contributed by atoms with Crippen molar-refractivity contribution in [3.63, 3.8) is 0 Å². The SMILES string of the molecule is Nc1ccc(C(=O)OCc2ccsc2)c(N)c1. The van der Waals surface area contributed by atoms with Crippen LogP contribution in [0.1, 0.15) is 15.9 Å². The minimum atomic E-state index is -0.436. The van der Waals surface area contributed by atoms with E-state index in [9.17, 15) is 4.79 Å². The van der Waals surface area contributed by atoms with Crippen molar-refractivity contribution in [3.05, 3.63) is 46.2 Å². The molecule has 4 nitrogen and oxygen atoms in total. The molecule has 0 saturated carbocycles. The number of nitrogens with two attached hydrogens (primary N) is 2. The zero-order valence-corrected chi connectivity index (χ0v) is 9.87. The van der Waals surface area contributed by atoms with Crippen molar-refractivity contribution < 1.29 is 9.53 Å². The van der Waals surface area contributed by atoms with Gasteiger partial charge < -0.3 is 16.2 Å². The highest BCUT2D eigenvalue weighted by Crippen LogP contribution is 2.17. The summed E-state index contributed by atoms with van der Waals surface area (Å²) in [6.45, 7) is 0.256. The van der Waals surface area contributed by atoms with E-state index in [4.69, 9.17) is 16.2 Å². The molecule has 0 unspecified atom stereocenters. The van der Waals surface area contributed by atoms with Crippen LogP contribution in [0.5, 0.6) is 0 Å². The summed E-state index contributed by atoms with van der Waals surface area (Å²) in [5.74, 6) is -0.436. The molecule has 0 saturated heterocycles. The highest BCUT2D eigenvalue weighted by Gasteiger charge is 2.11. The Morgan fingerprint density at radius 2 is 2.12 bits per heavy atom. The van der Waals surface area contributed by atoms with Gasteiger partial charge in [0.15, 0.2) is 0 Å². The van der Waals surface area contributed by atoms with Crippen LogP contribution < -0.4 is 11.5 Å². The largest absolute Gasteiger partial charge is 0.457 e. The lowest BCUT2D eigenvalue weighted by Gasteiger charge is -2.06. The van der Waals surface area contributed by atoms with Gasteiger partial charge in [0.1, 0.15) is 6.61 Å². The van der Waals surface area contributed by atoms with Crippen molar-refractivity contribution in [2.24, 2.45) is 0 Å². The number of nitrogen functional groups attached to an aromatic ring is 2. The molecule has 0 bridgehead atoms. The fourth-order valence-corrected chi connectivity index (χ4v) is 2.02. The van der Waals surface area contributed by atoms with Gasteiger partial charge in [0.05, 0.1) is 5.56 Å². The van der Waals surface area contributed by atoms with Crippen molar-refractivity contribution in [2.45, 2.75) is 6.61 Å². The van der Waals surface area contributed by atoms with Crippen molar-refractivity contribution in [2.75, 3.05) is 11.5 Å². The van der Waals surface area contributed by atoms with Crippen LogP contribution in [0.3, 0.4) is 0 Å². The van der Waals surface area contributed by atoms with Gasteiger partial charge in [-0.05, 0) is 35.0 Å². The normalized spacial score (nSPS) is 10.1. The molecule has 0 amide bonds. The summed E-state index contributed by atoms with van der Waals surface area (Å²) in [6.07, 6.45) is 0. The van der Waals surface area contributed by atoms with Gasteiger partial charge in [0.25, 0.3) is 0 Å². The summed E-state index contributed by atoms with van der Waals surface area (Å²) < 4.78 is 5.14. The van der Waals surface area contributed by atoms with E-state index < -0.39 is 5.97 Å². The molecule has 5 heteroatoms. The van der Waals surface area contributed by atoms with Crippen molar-refractivity contribution in [3.8, 4) is 0 Å². The minimum Gasteiger partial charge on any atom is -0.457 e. The number of carbonyl (C=O) groups is 1. The van der Waals surface area contributed by atoms with Gasteiger partial charge in [-0.1, -0.05) is 0 Å². The monoisotopic (exact) mass is 248 g/mol. The average Bonchev–Trinajstić information content (AvgIpc) is 2.78. The average molecular weight is 248 g/mol. The molecule has 0 aliphatic rings. The molecule has 17 heavy (non-hydrogen) atoms. The van der Waals surface area contributed by atoms with E-state index in [1.165, 1.54) is 0 Å². The minimum absolute atomic E-state index is 0.256. The predicted octanol–water partition coefficient (Wildman–Crippen LogP) is 2.27. The number of benzene rings is 1. The van der Waals surface area contributed by atoms with Gasteiger partial charge in [-0.15, -0.1) is 0 Å². The standard InChI is InChI=1S/C12H12N2O2S/c13-9-1-2-10(11(14)5-9)12(15)16-6-8-3-4-17-7-8/h1-5,7H,6,13-14H2. The van der Waals surface area contributed by atoms with E-state index in [2.05, 4.69) is 0 Å². The van der Waals surface area contributed by atoms with Gasteiger partial charge in [-0.3, -0.25) is 0 Å². The zero-order valence-electron chi connectivity index (χ0n) is 9.05. The quantitative estimate of drug-likeness (QED) is 0.645. The van der Waals surface area contributed by atoms with Crippen LogP contribution in [-0.2, 0) is 11.3 Å². The number of thiophene rings is 1. The summed E-state index contributed by atoms with van der Waals surface area (Å²) in [4.78, 5) is 11.7. The van der Waals surface area contributed by atoms with Gasteiger partial charge in [-0.2, -0.15) is 11.3 Å². The second-order valence-corrected chi connectivity index (χ2v) is 4.33. The summed E-state index contributed by atoms with van der Waals surface area (Å²) in [5, 5.41) is 3.86. The molecule has 1 aromatic carbocycles. The lowest BCUT2D eigenvalue weighted by atomic mass is 10.1. The third-order valence-electron chi connectivity index (χ3n) is 2.25. The molecule has 0 radical (unpaired) electrons. The Kier molecular flexibility index (Phi) is 3.30. The van der Waals surface area contributed by atoms with Crippen LogP contribution in [0.25, 0.3) is 0 Å². The van der Waals surface area contributed by atoms with Crippen LogP contribution in [0.15, 0.2) is 35.0 Å². The fraction of sp³-hybridized carbons (Fsp3) is 0.0833. The Labute approximate surface area is 103 Å². The second kappa shape index (κ2) is 4.88. The lowest BCUT2D eigenvalue weighted by Crippen LogP contribution is -2.08. The molecule has 1 heterocycles. The Bertz CT molecular complexity index is 523. The van der Waals surface area contributed by atoms with Crippen LogP contribution >= 0.6 is 11.3 Å². The van der Waals surface area contributed by atoms with E-state index in [1.807, 2.05) is 16.8 Å². The third kappa shape index (κ3) is 2.76. The van der Waals surface area contributed by atoms with Gasteiger partial charge in [0, 0.05) is 16.9 Å². The molecule has 2 aromatic rings. The topological polar surface area (TPSA) is 78.3 Å². The fourth-order valence-electron chi connectivity index (χ4n) is 1.37. The summed E-state index contributed by atoms with van der Waals surface area (Å²) >= 11 is 1.56. The summed E-state index contributed by atoms with van der Waals surface area (Å²) in [6, 6.07) is 6.64. The Morgan fingerprint density at radius 1 is 1.29 bits per heavy atom. The first kappa shape index (κ1) is 11.5. The van der Waals surface area contributed by atoms with E-state index in [0.717, 1.165) is 5.56 Å². The van der Waals surface area contributed by atoms with Crippen molar-refractivity contribution in [1.29, 1.82) is 0 Å². The molecule has 0 fully saturated rings. The third-order valence-corrected chi connectivity index (χ3v) is 2.98. The lowest BCUT2D eigenvalue weighted by molar-refractivity contribution is 0.0474. The second-order valence-electron chi connectivity index (χ2n) is 3.55. The number of carbonyl (C=O) groups excluding carboxylic acids is 1. The predicted molar refractivity (Wildman–Crippen MR) is 68.7 cm³/mol. The number of ether oxygens (including phenoxy) is 1. The molecule has 1 aromatic heterocycles. The van der Waals surface area contributed by atoms with E-state index in [1.54, 1.807) is 29.5 Å². The number of esters is 1. The van der Waals surface area contributed by atoms with E-state index in [-0.39, 0.29) is 6.61 Å². The first-order valence-electron chi connectivity index (χ1n) is 5.00. The molecule has 0 spiro atoms. The van der Waals surface area contributed by atoms with Gasteiger partial charge in [0.2, 0.25) is 0 Å². The number of anilines is 2. The smallest absolute Gasteiger partial charge is 0.340 e. The number of hydrogen-bond donors (Lipinski definition) is 2. The first-order chi connectivity index (χ1) is 8.16. The van der Waals surface area contributed by atoms with Crippen molar-refractivity contribution in [1.82, 2.24) is 0 Å². The van der Waals surface area contributed by atoms with Crippen LogP contribution in [0.4, 0.5) is 11.4 Å². The molecule has 88 valence electrons. The van der Waals surface area contributed by atoms with E-state index >= 15 is 0 Å². The maximum Gasteiger partial charge on any atom is 0.340 e. The zero-order chi connectivity index (χ0) is 12.3. The molecular weight excluding hydrogens is 236 g/mol. The Hall–Kier alpha value is -2.01. The molecular formula is C12H12N2O2S. The molecule has 2 rings (SSSR count). The Balaban J connectivity index is 2.04. The highest BCUT2D eigenvalue weighted by atomic mass is 32.1. The van der Waals surface area contributed by atoms with Gasteiger partial charge in [-0.25, -0.2) is 4.79 Å². The van der Waals surface area contributed by atoms with Gasteiger partial charge >= 0.3 is 5.97 Å². The molecule has 4 N–H and O–H groups in total. The summed E-state index contributed by atoms with van der Waals surface area (Å²) in [7, 11) is 0. The first-order valence-corrected chi connectivity index (χ1v) is 5.94.